The third-order valence-corrected chi connectivity index (χ3v) is 4.01. The molecule has 0 bridgehead atoms. The van der Waals surface area contributed by atoms with E-state index in [9.17, 15) is 14.3 Å². The van der Waals surface area contributed by atoms with Crippen LogP contribution in [0.5, 0.6) is 5.75 Å². The number of benzene rings is 1. The fourth-order valence-corrected chi connectivity index (χ4v) is 3.16. The Kier molecular flexibility index (Phi) is 4.28. The van der Waals surface area contributed by atoms with Crippen molar-refractivity contribution in [1.29, 1.82) is 0 Å². The first-order valence-electron chi connectivity index (χ1n) is 6.64. The van der Waals surface area contributed by atoms with Crippen molar-refractivity contribution in [1.82, 2.24) is 0 Å². The van der Waals surface area contributed by atoms with Gasteiger partial charge in [-0.3, -0.25) is 4.79 Å². The van der Waals surface area contributed by atoms with Crippen molar-refractivity contribution in [2.75, 3.05) is 14.2 Å². The summed E-state index contributed by atoms with van der Waals surface area (Å²) in [5.74, 6) is -1.03. The fraction of sp³-hybridized carbons (Fsp3) is 0.533. The summed E-state index contributed by atoms with van der Waals surface area (Å²) < 4.78 is 24.0. The van der Waals surface area contributed by atoms with Crippen molar-refractivity contribution in [2.45, 2.75) is 37.7 Å². The molecule has 0 saturated heterocycles. The second-order valence-electron chi connectivity index (χ2n) is 5.17. The standard InChI is InChI=1S/C15H19FO4/c1-19-9-10-7-11(16)8-12(20-2)13(10)15(14(17)18)5-3-4-6-15/h7-8H,3-6,9H2,1-2H3,(H,17,18). The molecule has 1 aliphatic rings. The summed E-state index contributed by atoms with van der Waals surface area (Å²) in [6.07, 6.45) is 2.78. The van der Waals surface area contributed by atoms with Crippen molar-refractivity contribution in [3.8, 4) is 5.75 Å². The summed E-state index contributed by atoms with van der Waals surface area (Å²) in [6.45, 7) is 0.165. The Morgan fingerprint density at radius 3 is 2.50 bits per heavy atom. The third kappa shape index (κ3) is 2.38. The molecule has 2 rings (SSSR count). The van der Waals surface area contributed by atoms with E-state index >= 15 is 0 Å². The van der Waals surface area contributed by atoms with Crippen molar-refractivity contribution in [3.63, 3.8) is 0 Å². The molecule has 1 saturated carbocycles. The Bertz CT molecular complexity index is 507. The third-order valence-electron chi connectivity index (χ3n) is 4.01. The monoisotopic (exact) mass is 282 g/mol. The van der Waals surface area contributed by atoms with Gasteiger partial charge in [0.05, 0.1) is 19.1 Å². The van der Waals surface area contributed by atoms with E-state index < -0.39 is 17.2 Å². The van der Waals surface area contributed by atoms with Crippen LogP contribution in [0.1, 0.15) is 36.8 Å². The molecule has 1 fully saturated rings. The van der Waals surface area contributed by atoms with Gasteiger partial charge in [-0.25, -0.2) is 4.39 Å². The van der Waals surface area contributed by atoms with E-state index in [2.05, 4.69) is 0 Å². The second kappa shape index (κ2) is 5.79. The molecule has 0 aromatic heterocycles. The highest BCUT2D eigenvalue weighted by molar-refractivity contribution is 5.83. The number of methoxy groups -OCH3 is 2. The number of ether oxygens (including phenoxy) is 2. The van der Waals surface area contributed by atoms with Crippen molar-refractivity contribution >= 4 is 5.97 Å². The predicted octanol–water partition coefficient (Wildman–Crippen LogP) is 2.88. The summed E-state index contributed by atoms with van der Waals surface area (Å²) in [4.78, 5) is 11.8. The quantitative estimate of drug-likeness (QED) is 0.902. The number of hydrogen-bond donors (Lipinski definition) is 1. The molecule has 1 aromatic carbocycles. The van der Waals surface area contributed by atoms with Gasteiger partial charge in [-0.1, -0.05) is 12.8 Å². The molecule has 0 radical (unpaired) electrons. The van der Waals surface area contributed by atoms with Crippen molar-refractivity contribution in [3.05, 3.63) is 29.1 Å². The molecule has 20 heavy (non-hydrogen) atoms. The lowest BCUT2D eigenvalue weighted by molar-refractivity contribution is -0.143. The minimum atomic E-state index is -0.993. The lowest BCUT2D eigenvalue weighted by Crippen LogP contribution is -2.34. The van der Waals surface area contributed by atoms with Crippen LogP contribution < -0.4 is 4.74 Å². The summed E-state index contributed by atoms with van der Waals surface area (Å²) in [5.41, 5.74) is 0.120. The molecule has 5 heteroatoms. The van der Waals surface area contributed by atoms with E-state index in [1.165, 1.54) is 26.4 Å². The number of rotatable bonds is 5. The first kappa shape index (κ1) is 14.8. The Morgan fingerprint density at radius 1 is 1.35 bits per heavy atom. The molecule has 0 amide bonds. The van der Waals surface area contributed by atoms with Gasteiger partial charge >= 0.3 is 5.97 Å². The average Bonchev–Trinajstić information content (AvgIpc) is 2.88. The minimum Gasteiger partial charge on any atom is -0.496 e. The molecule has 110 valence electrons. The van der Waals surface area contributed by atoms with E-state index in [1.807, 2.05) is 0 Å². The Labute approximate surface area is 117 Å². The van der Waals surface area contributed by atoms with Gasteiger partial charge in [0.2, 0.25) is 0 Å². The maximum Gasteiger partial charge on any atom is 0.314 e. The van der Waals surface area contributed by atoms with Gasteiger partial charge in [0.25, 0.3) is 0 Å². The molecule has 1 N–H and O–H groups in total. The van der Waals surface area contributed by atoms with Crippen molar-refractivity contribution < 1.29 is 23.8 Å². The van der Waals surface area contributed by atoms with Crippen LogP contribution in [0.4, 0.5) is 4.39 Å². The topological polar surface area (TPSA) is 55.8 Å². The van der Waals surface area contributed by atoms with Crippen LogP contribution in [-0.2, 0) is 21.6 Å². The molecule has 0 heterocycles. The minimum absolute atomic E-state index is 0.165. The number of halogens is 1. The van der Waals surface area contributed by atoms with Gasteiger partial charge in [0.1, 0.15) is 11.6 Å². The van der Waals surface area contributed by atoms with Gasteiger partial charge in [-0.2, -0.15) is 0 Å². The van der Waals surface area contributed by atoms with Gasteiger partial charge in [-0.15, -0.1) is 0 Å². The SMILES string of the molecule is COCc1cc(F)cc(OC)c1C1(C(=O)O)CCCC1. The Balaban J connectivity index is 2.66. The molecule has 0 spiro atoms. The highest BCUT2D eigenvalue weighted by Gasteiger charge is 2.46. The van der Waals surface area contributed by atoms with E-state index in [1.54, 1.807) is 0 Å². The van der Waals surface area contributed by atoms with Crippen LogP contribution in [-0.4, -0.2) is 25.3 Å². The molecule has 4 nitrogen and oxygen atoms in total. The largest absolute Gasteiger partial charge is 0.496 e. The fourth-order valence-electron chi connectivity index (χ4n) is 3.16. The summed E-state index contributed by atoms with van der Waals surface area (Å²) in [5, 5.41) is 9.71. The molecule has 0 aliphatic heterocycles. The molecule has 0 atom stereocenters. The highest BCUT2D eigenvalue weighted by atomic mass is 19.1. The summed E-state index contributed by atoms with van der Waals surface area (Å²) in [6, 6.07) is 2.59. The highest BCUT2D eigenvalue weighted by Crippen LogP contribution is 2.47. The van der Waals surface area contributed by atoms with Crippen LogP contribution in [0.25, 0.3) is 0 Å². The van der Waals surface area contributed by atoms with E-state index in [0.717, 1.165) is 12.8 Å². The Hall–Kier alpha value is -1.62. The van der Waals surface area contributed by atoms with Gasteiger partial charge < -0.3 is 14.6 Å². The van der Waals surface area contributed by atoms with Gasteiger partial charge in [-0.05, 0) is 24.5 Å². The molecular formula is C15H19FO4. The normalized spacial score (nSPS) is 17.1. The van der Waals surface area contributed by atoms with Crippen LogP contribution in [0.3, 0.4) is 0 Å². The molecular weight excluding hydrogens is 263 g/mol. The molecule has 0 unspecified atom stereocenters. The maximum absolute atomic E-state index is 13.6. The molecule has 1 aromatic rings. The summed E-state index contributed by atoms with van der Waals surface area (Å²) in [7, 11) is 2.93. The van der Waals surface area contributed by atoms with E-state index in [0.29, 0.717) is 29.7 Å². The van der Waals surface area contributed by atoms with Crippen LogP contribution >= 0.6 is 0 Å². The lowest BCUT2D eigenvalue weighted by atomic mass is 9.76. The lowest BCUT2D eigenvalue weighted by Gasteiger charge is -2.29. The number of carbonyl (C=O) groups is 1. The van der Waals surface area contributed by atoms with Crippen molar-refractivity contribution in [2.24, 2.45) is 0 Å². The van der Waals surface area contributed by atoms with Crippen LogP contribution in [0.15, 0.2) is 12.1 Å². The summed E-state index contributed by atoms with van der Waals surface area (Å²) >= 11 is 0. The van der Waals surface area contributed by atoms with Gasteiger partial charge in [0, 0.05) is 18.7 Å². The average molecular weight is 282 g/mol. The van der Waals surface area contributed by atoms with E-state index in [4.69, 9.17) is 9.47 Å². The van der Waals surface area contributed by atoms with Crippen LogP contribution in [0, 0.1) is 5.82 Å². The number of carboxylic acids is 1. The van der Waals surface area contributed by atoms with Gasteiger partial charge in [0.15, 0.2) is 0 Å². The Morgan fingerprint density at radius 2 is 2.00 bits per heavy atom. The second-order valence-corrected chi connectivity index (χ2v) is 5.17. The smallest absolute Gasteiger partial charge is 0.314 e. The van der Waals surface area contributed by atoms with Crippen LogP contribution in [0.2, 0.25) is 0 Å². The first-order valence-corrected chi connectivity index (χ1v) is 6.64. The molecule has 1 aliphatic carbocycles. The van der Waals surface area contributed by atoms with E-state index in [-0.39, 0.29) is 6.61 Å². The number of carboxylic acid groups (broad SMARTS) is 1. The number of hydrogen-bond acceptors (Lipinski definition) is 3. The first-order chi connectivity index (χ1) is 9.55. The zero-order valence-electron chi connectivity index (χ0n) is 11.7. The predicted molar refractivity (Wildman–Crippen MR) is 71.4 cm³/mol. The maximum atomic E-state index is 13.6. The number of aliphatic carboxylic acids is 1. The zero-order chi connectivity index (χ0) is 14.8. The zero-order valence-corrected chi connectivity index (χ0v) is 11.7.